The summed E-state index contributed by atoms with van der Waals surface area (Å²) in [5.74, 6) is -0.00644. The van der Waals surface area contributed by atoms with Crippen molar-refractivity contribution in [1.29, 1.82) is 0 Å². The maximum absolute atomic E-state index is 12.1. The third-order valence-corrected chi connectivity index (χ3v) is 4.89. The van der Waals surface area contributed by atoms with E-state index in [9.17, 15) is 9.59 Å². The molecule has 0 fully saturated rings. The van der Waals surface area contributed by atoms with Gasteiger partial charge in [0.25, 0.3) is 5.56 Å². The van der Waals surface area contributed by atoms with Crippen molar-refractivity contribution in [2.24, 2.45) is 0 Å². The Morgan fingerprint density at radius 2 is 1.75 bits per heavy atom. The van der Waals surface area contributed by atoms with Gasteiger partial charge in [-0.3, -0.25) is 9.59 Å². The molecule has 6 heteroatoms. The van der Waals surface area contributed by atoms with Gasteiger partial charge in [-0.05, 0) is 36.6 Å². The van der Waals surface area contributed by atoms with Crippen LogP contribution < -0.4 is 10.9 Å². The maximum Gasteiger partial charge on any atom is 0.266 e. The van der Waals surface area contributed by atoms with Crippen LogP contribution in [0.4, 0.5) is 0 Å². The van der Waals surface area contributed by atoms with Gasteiger partial charge in [-0.1, -0.05) is 58.4 Å². The van der Waals surface area contributed by atoms with Gasteiger partial charge in [0.1, 0.15) is 0 Å². The summed E-state index contributed by atoms with van der Waals surface area (Å²) in [6, 6.07) is 21.0. The predicted octanol–water partition coefficient (Wildman–Crippen LogP) is 3.81. The number of rotatable bonds is 8. The molecule has 1 aromatic heterocycles. The molecule has 0 bridgehead atoms. The molecule has 28 heavy (non-hydrogen) atoms. The molecule has 1 N–H and O–H groups in total. The zero-order chi connectivity index (χ0) is 19.8. The molecule has 1 amide bonds. The molecular weight excluding hydrogens is 418 g/mol. The number of amides is 1. The van der Waals surface area contributed by atoms with Gasteiger partial charge >= 0.3 is 0 Å². The molecule has 0 saturated heterocycles. The number of halogens is 1. The van der Waals surface area contributed by atoms with Crippen molar-refractivity contribution in [2.75, 3.05) is 6.54 Å². The second-order valence-electron chi connectivity index (χ2n) is 6.48. The molecule has 1 heterocycles. The third kappa shape index (κ3) is 5.89. The summed E-state index contributed by atoms with van der Waals surface area (Å²) >= 11 is 3.41. The Balaban J connectivity index is 1.48. The monoisotopic (exact) mass is 439 g/mol. The summed E-state index contributed by atoms with van der Waals surface area (Å²) in [5, 5.41) is 7.35. The second-order valence-corrected chi connectivity index (χ2v) is 7.39. The molecule has 0 spiro atoms. The van der Waals surface area contributed by atoms with E-state index in [-0.39, 0.29) is 11.5 Å². The summed E-state index contributed by atoms with van der Waals surface area (Å²) in [6.07, 6.45) is 1.74. The normalized spacial score (nSPS) is 10.6. The maximum atomic E-state index is 12.1. The molecule has 0 aliphatic rings. The van der Waals surface area contributed by atoms with Gasteiger partial charge in [0.2, 0.25) is 5.91 Å². The summed E-state index contributed by atoms with van der Waals surface area (Å²) in [4.78, 5) is 24.1. The minimum atomic E-state index is -0.162. The fourth-order valence-corrected chi connectivity index (χ4v) is 3.12. The number of aromatic nitrogens is 2. The number of hydrogen-bond acceptors (Lipinski definition) is 3. The van der Waals surface area contributed by atoms with E-state index in [2.05, 4.69) is 26.3 Å². The molecule has 0 unspecified atom stereocenters. The van der Waals surface area contributed by atoms with Crippen molar-refractivity contribution in [3.8, 4) is 11.3 Å². The van der Waals surface area contributed by atoms with Crippen molar-refractivity contribution in [1.82, 2.24) is 15.1 Å². The highest BCUT2D eigenvalue weighted by Gasteiger charge is 2.06. The van der Waals surface area contributed by atoms with Gasteiger partial charge < -0.3 is 5.32 Å². The molecule has 5 nitrogen and oxygen atoms in total. The van der Waals surface area contributed by atoms with Crippen LogP contribution in [0.1, 0.15) is 18.4 Å². The Hall–Kier alpha value is -2.73. The molecule has 2 aromatic carbocycles. The number of benzene rings is 2. The molecule has 0 radical (unpaired) electrons. The Morgan fingerprint density at radius 3 is 2.50 bits per heavy atom. The Morgan fingerprint density at radius 1 is 1.00 bits per heavy atom. The average molecular weight is 440 g/mol. The Bertz CT molecular complexity index is 969. The third-order valence-electron chi connectivity index (χ3n) is 4.36. The molecule has 3 rings (SSSR count). The van der Waals surface area contributed by atoms with Crippen LogP contribution in [0.2, 0.25) is 0 Å². The zero-order valence-corrected chi connectivity index (χ0v) is 17.1. The van der Waals surface area contributed by atoms with Crippen molar-refractivity contribution in [3.05, 3.63) is 87.1 Å². The Labute approximate surface area is 172 Å². The van der Waals surface area contributed by atoms with Crippen LogP contribution in [-0.4, -0.2) is 22.2 Å². The summed E-state index contributed by atoms with van der Waals surface area (Å²) in [5.41, 5.74) is 2.71. The first-order valence-electron chi connectivity index (χ1n) is 9.26. The van der Waals surface area contributed by atoms with Crippen LogP contribution in [0.25, 0.3) is 11.3 Å². The predicted molar refractivity (Wildman–Crippen MR) is 114 cm³/mol. The van der Waals surface area contributed by atoms with E-state index in [0.717, 1.165) is 22.2 Å². The number of hydrogen-bond donors (Lipinski definition) is 1. The first kappa shape index (κ1) is 20.0. The molecule has 144 valence electrons. The number of nitrogens with one attached hydrogen (secondary N) is 1. The summed E-state index contributed by atoms with van der Waals surface area (Å²) in [7, 11) is 0. The smallest absolute Gasteiger partial charge is 0.266 e. The minimum absolute atomic E-state index is 0.00644. The van der Waals surface area contributed by atoms with E-state index in [4.69, 9.17) is 0 Å². The van der Waals surface area contributed by atoms with Crippen LogP contribution in [0, 0.1) is 0 Å². The fraction of sp³-hybridized carbons (Fsp3) is 0.227. The van der Waals surface area contributed by atoms with E-state index in [1.54, 1.807) is 6.07 Å². The van der Waals surface area contributed by atoms with Gasteiger partial charge in [-0.25, -0.2) is 4.68 Å². The van der Waals surface area contributed by atoms with E-state index >= 15 is 0 Å². The van der Waals surface area contributed by atoms with Crippen molar-refractivity contribution >= 4 is 21.8 Å². The number of carbonyl (C=O) groups excluding carboxylic acids is 1. The first-order chi connectivity index (χ1) is 13.6. The van der Waals surface area contributed by atoms with Crippen LogP contribution in [-0.2, 0) is 17.8 Å². The lowest BCUT2D eigenvalue weighted by molar-refractivity contribution is -0.121. The van der Waals surface area contributed by atoms with Crippen molar-refractivity contribution in [3.63, 3.8) is 0 Å². The van der Waals surface area contributed by atoms with E-state index in [1.807, 2.05) is 54.6 Å². The molecular formula is C22H22BrN3O2. The van der Waals surface area contributed by atoms with Crippen LogP contribution in [0.3, 0.4) is 0 Å². The van der Waals surface area contributed by atoms with E-state index in [0.29, 0.717) is 25.9 Å². The zero-order valence-electron chi connectivity index (χ0n) is 15.5. The lowest BCUT2D eigenvalue weighted by atomic mass is 10.1. The SMILES string of the molecule is O=C(CCCn1nc(-c2ccc(Br)cc2)ccc1=O)NCCc1ccccc1. The molecule has 3 aromatic rings. The highest BCUT2D eigenvalue weighted by Crippen LogP contribution is 2.18. The Kier molecular flexibility index (Phi) is 7.14. The highest BCUT2D eigenvalue weighted by molar-refractivity contribution is 9.10. The van der Waals surface area contributed by atoms with Gasteiger partial charge in [0.05, 0.1) is 5.69 Å². The number of aryl methyl sites for hydroxylation is 1. The number of nitrogens with zero attached hydrogens (tertiary/aromatic N) is 2. The van der Waals surface area contributed by atoms with Crippen LogP contribution in [0.5, 0.6) is 0 Å². The van der Waals surface area contributed by atoms with Gasteiger partial charge in [0, 0.05) is 35.6 Å². The lowest BCUT2D eigenvalue weighted by Crippen LogP contribution is -2.27. The first-order valence-corrected chi connectivity index (χ1v) is 10.1. The summed E-state index contributed by atoms with van der Waals surface area (Å²) in [6.45, 7) is 1.02. The fourth-order valence-electron chi connectivity index (χ4n) is 2.85. The lowest BCUT2D eigenvalue weighted by Gasteiger charge is -2.08. The largest absolute Gasteiger partial charge is 0.356 e. The van der Waals surface area contributed by atoms with Crippen molar-refractivity contribution in [2.45, 2.75) is 25.8 Å². The standard InChI is InChI=1S/C22H22BrN3O2/c23-19-10-8-18(9-11-19)20-12-13-22(28)26(25-20)16-4-7-21(27)24-15-14-17-5-2-1-3-6-17/h1-3,5-6,8-13H,4,7,14-16H2,(H,24,27). The van der Waals surface area contributed by atoms with Crippen LogP contribution >= 0.6 is 15.9 Å². The molecule has 0 aliphatic heterocycles. The molecule has 0 saturated carbocycles. The molecule has 0 atom stereocenters. The number of carbonyl (C=O) groups is 1. The van der Waals surface area contributed by atoms with Crippen LogP contribution in [0.15, 0.2) is 76.0 Å². The van der Waals surface area contributed by atoms with Gasteiger partial charge in [-0.15, -0.1) is 0 Å². The second kappa shape index (κ2) is 9.99. The quantitative estimate of drug-likeness (QED) is 0.580. The summed E-state index contributed by atoms with van der Waals surface area (Å²) < 4.78 is 2.41. The minimum Gasteiger partial charge on any atom is -0.356 e. The highest BCUT2D eigenvalue weighted by atomic mass is 79.9. The van der Waals surface area contributed by atoms with E-state index < -0.39 is 0 Å². The van der Waals surface area contributed by atoms with E-state index in [1.165, 1.54) is 16.3 Å². The van der Waals surface area contributed by atoms with Crippen molar-refractivity contribution < 1.29 is 4.79 Å². The topological polar surface area (TPSA) is 64.0 Å². The average Bonchev–Trinajstić information content (AvgIpc) is 2.71. The van der Waals surface area contributed by atoms with Gasteiger partial charge in [-0.2, -0.15) is 5.10 Å². The molecule has 0 aliphatic carbocycles. The van der Waals surface area contributed by atoms with Gasteiger partial charge in [0.15, 0.2) is 0 Å².